The van der Waals surface area contributed by atoms with Gasteiger partial charge in [0.1, 0.15) is 0 Å². The minimum absolute atomic E-state index is 0.0819. The fourth-order valence-electron chi connectivity index (χ4n) is 5.92. The zero-order valence-corrected chi connectivity index (χ0v) is 9.41. The van der Waals surface area contributed by atoms with Gasteiger partial charge in [-0.15, -0.1) is 0 Å². The van der Waals surface area contributed by atoms with E-state index in [9.17, 15) is 9.59 Å². The van der Waals surface area contributed by atoms with Gasteiger partial charge >= 0.3 is 11.9 Å². The Bertz CT molecular complexity index is 440. The second kappa shape index (κ2) is 2.50. The van der Waals surface area contributed by atoms with Crippen molar-refractivity contribution < 1.29 is 14.3 Å². The first-order valence-electron chi connectivity index (χ1n) is 6.69. The molecule has 0 N–H and O–H groups in total. The van der Waals surface area contributed by atoms with Gasteiger partial charge in [-0.25, -0.2) is 0 Å². The lowest BCUT2D eigenvalue weighted by Crippen LogP contribution is -2.38. The van der Waals surface area contributed by atoms with Crippen molar-refractivity contribution in [2.45, 2.75) is 12.8 Å². The smallest absolute Gasteiger partial charge is 0.317 e. The van der Waals surface area contributed by atoms with Gasteiger partial charge in [-0.3, -0.25) is 9.59 Å². The maximum absolute atomic E-state index is 11.8. The lowest BCUT2D eigenvalue weighted by molar-refractivity contribution is -0.154. The molecule has 0 spiro atoms. The second-order valence-electron chi connectivity index (χ2n) is 6.46. The van der Waals surface area contributed by atoms with Gasteiger partial charge in [0, 0.05) is 0 Å². The molecule has 4 aliphatic carbocycles. The van der Waals surface area contributed by atoms with E-state index in [2.05, 4.69) is 12.2 Å². The summed E-state index contributed by atoms with van der Waals surface area (Å²) >= 11 is 0. The van der Waals surface area contributed by atoms with E-state index in [4.69, 9.17) is 4.74 Å². The zero-order chi connectivity index (χ0) is 11.3. The summed E-state index contributed by atoms with van der Waals surface area (Å²) in [5.74, 6) is 2.99. The summed E-state index contributed by atoms with van der Waals surface area (Å²) in [4.78, 5) is 23.6. The number of hydrogen-bond donors (Lipinski definition) is 0. The van der Waals surface area contributed by atoms with E-state index in [1.165, 1.54) is 6.42 Å². The van der Waals surface area contributed by atoms with Crippen molar-refractivity contribution in [2.24, 2.45) is 47.3 Å². The van der Waals surface area contributed by atoms with E-state index in [-0.39, 0.29) is 23.8 Å². The van der Waals surface area contributed by atoms with Gasteiger partial charge in [0.2, 0.25) is 0 Å². The average Bonchev–Trinajstić information content (AvgIpc) is 3.03. The number of fused-ring (bicyclic) bond motifs is 12. The van der Waals surface area contributed by atoms with Crippen LogP contribution in [-0.2, 0) is 14.3 Å². The Morgan fingerprint density at radius 1 is 0.882 bits per heavy atom. The summed E-state index contributed by atoms with van der Waals surface area (Å²) in [5.41, 5.74) is 0. The van der Waals surface area contributed by atoms with Crippen LogP contribution in [0.15, 0.2) is 12.2 Å². The zero-order valence-electron chi connectivity index (χ0n) is 9.41. The summed E-state index contributed by atoms with van der Waals surface area (Å²) in [6, 6.07) is 0. The van der Waals surface area contributed by atoms with Crippen LogP contribution in [0, 0.1) is 47.3 Å². The van der Waals surface area contributed by atoms with Gasteiger partial charge in [0.15, 0.2) is 0 Å². The molecule has 6 unspecified atom stereocenters. The molecule has 4 fully saturated rings. The molecule has 0 aromatic heterocycles. The Morgan fingerprint density at radius 3 is 1.94 bits per heavy atom. The maximum Gasteiger partial charge on any atom is 0.317 e. The lowest BCUT2D eigenvalue weighted by Gasteiger charge is -2.35. The molecule has 3 heteroatoms. The fraction of sp³-hybridized carbons (Fsp3) is 0.714. The summed E-state index contributed by atoms with van der Waals surface area (Å²) < 4.78 is 4.87. The van der Waals surface area contributed by atoms with Crippen molar-refractivity contribution in [3.8, 4) is 0 Å². The SMILES string of the molecule is O=C1OC(=O)C2C1[C@H]1C[C@@H]2C2C3C=CC(C3)C21. The van der Waals surface area contributed by atoms with Crippen molar-refractivity contribution >= 4 is 11.9 Å². The van der Waals surface area contributed by atoms with Gasteiger partial charge in [-0.2, -0.15) is 0 Å². The highest BCUT2D eigenvalue weighted by atomic mass is 16.6. The fourth-order valence-corrected chi connectivity index (χ4v) is 5.92. The lowest BCUT2D eigenvalue weighted by atomic mass is 9.65. The van der Waals surface area contributed by atoms with Crippen molar-refractivity contribution in [1.82, 2.24) is 0 Å². The molecule has 0 radical (unpaired) electrons. The van der Waals surface area contributed by atoms with Crippen LogP contribution in [0.1, 0.15) is 12.8 Å². The number of esters is 2. The van der Waals surface area contributed by atoms with Gasteiger partial charge in [0.25, 0.3) is 0 Å². The van der Waals surface area contributed by atoms with E-state index < -0.39 is 0 Å². The molecule has 0 aromatic rings. The number of hydrogen-bond acceptors (Lipinski definition) is 3. The number of carbonyl (C=O) groups excluding carboxylic acids is 2. The quantitative estimate of drug-likeness (QED) is 0.273. The standard InChI is InChI=1S/C14H14O3/c15-13-11-7-4-8(12(11)14(16)17-13)10-6-2-1-5(3-6)9(7)10/h1-2,5-12H,3-4H2/t5?,6?,7-,8+,9?,10?,11?,12?. The van der Waals surface area contributed by atoms with Crippen LogP contribution < -0.4 is 0 Å². The van der Waals surface area contributed by atoms with E-state index in [0.29, 0.717) is 35.5 Å². The molecule has 0 aromatic carbocycles. The Kier molecular flexibility index (Phi) is 1.31. The molecular formula is C14H14O3. The molecule has 0 amide bonds. The number of allylic oxidation sites excluding steroid dienone is 2. The highest BCUT2D eigenvalue weighted by Crippen LogP contribution is 2.69. The maximum atomic E-state index is 11.8. The Balaban J connectivity index is 1.64. The van der Waals surface area contributed by atoms with Gasteiger partial charge in [0.05, 0.1) is 11.8 Å². The summed E-state index contributed by atoms with van der Waals surface area (Å²) in [7, 11) is 0. The largest absolute Gasteiger partial charge is 0.393 e. The first kappa shape index (κ1) is 8.90. The molecule has 88 valence electrons. The summed E-state index contributed by atoms with van der Waals surface area (Å²) in [6.07, 6.45) is 7.07. The molecule has 4 bridgehead atoms. The summed E-state index contributed by atoms with van der Waals surface area (Å²) in [5, 5.41) is 0. The molecule has 1 heterocycles. The monoisotopic (exact) mass is 230 g/mol. The van der Waals surface area contributed by atoms with E-state index in [1.54, 1.807) is 0 Å². The third kappa shape index (κ3) is 0.791. The minimum atomic E-state index is -0.224. The molecule has 5 rings (SSSR count). The van der Waals surface area contributed by atoms with Crippen molar-refractivity contribution in [3.63, 3.8) is 0 Å². The van der Waals surface area contributed by atoms with Gasteiger partial charge in [-0.05, 0) is 48.3 Å². The molecule has 17 heavy (non-hydrogen) atoms. The van der Waals surface area contributed by atoms with Crippen LogP contribution in [-0.4, -0.2) is 11.9 Å². The number of ether oxygens (including phenoxy) is 1. The van der Waals surface area contributed by atoms with Crippen LogP contribution in [0.4, 0.5) is 0 Å². The van der Waals surface area contributed by atoms with Gasteiger partial charge in [-0.1, -0.05) is 12.2 Å². The predicted molar refractivity (Wildman–Crippen MR) is 57.4 cm³/mol. The Morgan fingerprint density at radius 2 is 1.41 bits per heavy atom. The van der Waals surface area contributed by atoms with Crippen LogP contribution in [0.2, 0.25) is 0 Å². The van der Waals surface area contributed by atoms with Crippen molar-refractivity contribution in [3.05, 3.63) is 12.2 Å². The highest BCUT2D eigenvalue weighted by molar-refractivity contribution is 5.97. The molecular weight excluding hydrogens is 216 g/mol. The van der Waals surface area contributed by atoms with E-state index in [1.807, 2.05) is 0 Å². The van der Waals surface area contributed by atoms with E-state index >= 15 is 0 Å². The first-order chi connectivity index (χ1) is 8.25. The van der Waals surface area contributed by atoms with Crippen LogP contribution in [0.5, 0.6) is 0 Å². The molecule has 3 nitrogen and oxygen atoms in total. The summed E-state index contributed by atoms with van der Waals surface area (Å²) in [6.45, 7) is 0. The topological polar surface area (TPSA) is 43.4 Å². The Hall–Kier alpha value is -1.12. The van der Waals surface area contributed by atoms with E-state index in [0.717, 1.165) is 6.42 Å². The Labute approximate surface area is 99.2 Å². The van der Waals surface area contributed by atoms with Crippen LogP contribution in [0.3, 0.4) is 0 Å². The van der Waals surface area contributed by atoms with Crippen LogP contribution in [0.25, 0.3) is 0 Å². The average molecular weight is 230 g/mol. The predicted octanol–water partition coefficient (Wildman–Crippen LogP) is 1.39. The van der Waals surface area contributed by atoms with Crippen molar-refractivity contribution in [1.29, 1.82) is 0 Å². The minimum Gasteiger partial charge on any atom is -0.393 e. The second-order valence-corrected chi connectivity index (χ2v) is 6.46. The highest BCUT2D eigenvalue weighted by Gasteiger charge is 2.70. The number of carbonyl (C=O) groups is 2. The number of cyclic esters (lactones) is 2. The normalized spacial score (nSPS) is 60.9. The number of rotatable bonds is 0. The van der Waals surface area contributed by atoms with Crippen molar-refractivity contribution in [2.75, 3.05) is 0 Å². The molecule has 1 saturated heterocycles. The third-order valence-electron chi connectivity index (χ3n) is 6.17. The molecule has 1 aliphatic heterocycles. The first-order valence-corrected chi connectivity index (χ1v) is 6.69. The van der Waals surface area contributed by atoms with Crippen LogP contribution >= 0.6 is 0 Å². The van der Waals surface area contributed by atoms with Gasteiger partial charge < -0.3 is 4.74 Å². The third-order valence-corrected chi connectivity index (χ3v) is 6.17. The molecule has 5 aliphatic rings. The molecule has 8 atom stereocenters. The molecule has 3 saturated carbocycles.